The number of halogens is 3. The number of hydrogen-bond donors (Lipinski definition) is 2. The standard InChI is InChI=1S/C21H21F3N4O3S/c1-30-16-6-5-12(8-17(16)31-2)14-9-18(21(22,23)24)28-19(26-14)10-15(27-28)20(29)25-11-13-4-3-7-32-13/h3-8,10,14,18,26H,9,11H2,1-2H3,(H,25,29)/t14-,18-/m1/s1. The van der Waals surface area contributed by atoms with Crippen LogP contribution in [0.25, 0.3) is 0 Å². The summed E-state index contributed by atoms with van der Waals surface area (Å²) >= 11 is 1.47. The highest BCUT2D eigenvalue weighted by Gasteiger charge is 2.47. The molecule has 3 aromatic rings. The lowest BCUT2D eigenvalue weighted by atomic mass is 9.96. The number of aromatic nitrogens is 2. The number of amides is 1. The first-order chi connectivity index (χ1) is 15.3. The third kappa shape index (κ3) is 4.38. The predicted octanol–water partition coefficient (Wildman–Crippen LogP) is 4.55. The monoisotopic (exact) mass is 466 g/mol. The van der Waals surface area contributed by atoms with Crippen molar-refractivity contribution >= 4 is 23.1 Å². The summed E-state index contributed by atoms with van der Waals surface area (Å²) in [4.78, 5) is 13.4. The van der Waals surface area contributed by atoms with E-state index >= 15 is 0 Å². The molecule has 32 heavy (non-hydrogen) atoms. The van der Waals surface area contributed by atoms with Crippen molar-refractivity contribution in [1.82, 2.24) is 15.1 Å². The number of ether oxygens (including phenoxy) is 2. The zero-order chi connectivity index (χ0) is 22.9. The molecule has 0 bridgehead atoms. The number of carbonyl (C=O) groups is 1. The van der Waals surface area contributed by atoms with Gasteiger partial charge in [0.1, 0.15) is 5.82 Å². The van der Waals surface area contributed by atoms with Gasteiger partial charge >= 0.3 is 6.18 Å². The summed E-state index contributed by atoms with van der Waals surface area (Å²) in [6, 6.07) is 7.50. The molecule has 11 heteroatoms. The molecular weight excluding hydrogens is 445 g/mol. The van der Waals surface area contributed by atoms with E-state index in [1.54, 1.807) is 18.2 Å². The molecule has 0 saturated carbocycles. The zero-order valence-corrected chi connectivity index (χ0v) is 18.1. The fourth-order valence-electron chi connectivity index (χ4n) is 3.64. The lowest BCUT2D eigenvalue weighted by Crippen LogP contribution is -2.35. The van der Waals surface area contributed by atoms with Crippen LogP contribution in [0.3, 0.4) is 0 Å². The quantitative estimate of drug-likeness (QED) is 0.557. The normalized spacial score (nSPS) is 17.9. The lowest BCUT2D eigenvalue weighted by Gasteiger charge is -2.33. The van der Waals surface area contributed by atoms with Gasteiger partial charge in [0.2, 0.25) is 0 Å². The molecule has 1 aliphatic heterocycles. The van der Waals surface area contributed by atoms with Crippen molar-refractivity contribution in [2.24, 2.45) is 0 Å². The highest BCUT2D eigenvalue weighted by Crippen LogP contribution is 2.44. The average Bonchev–Trinajstić information content (AvgIpc) is 3.45. The van der Waals surface area contributed by atoms with E-state index in [2.05, 4.69) is 15.7 Å². The number of rotatable bonds is 6. The third-order valence-electron chi connectivity index (χ3n) is 5.24. The van der Waals surface area contributed by atoms with Crippen molar-refractivity contribution in [3.05, 3.63) is 57.9 Å². The Morgan fingerprint density at radius 1 is 1.25 bits per heavy atom. The SMILES string of the molecule is COc1ccc([C@H]2C[C@H](C(F)(F)F)n3nc(C(=O)NCc4cccs4)cc3N2)cc1OC. The Labute approximate surface area is 186 Å². The highest BCUT2D eigenvalue weighted by atomic mass is 32.1. The second kappa shape index (κ2) is 8.73. The number of alkyl halides is 3. The first-order valence-corrected chi connectivity index (χ1v) is 10.6. The van der Waals surface area contributed by atoms with Crippen LogP contribution < -0.4 is 20.1 Å². The summed E-state index contributed by atoms with van der Waals surface area (Å²) in [5.41, 5.74) is 0.527. The van der Waals surface area contributed by atoms with E-state index in [0.29, 0.717) is 17.1 Å². The van der Waals surface area contributed by atoms with E-state index in [1.165, 1.54) is 31.6 Å². The fraction of sp³-hybridized carbons (Fsp3) is 0.333. The van der Waals surface area contributed by atoms with E-state index in [1.807, 2.05) is 17.5 Å². The number of thiophene rings is 1. The van der Waals surface area contributed by atoms with Gasteiger partial charge in [0.05, 0.1) is 26.8 Å². The second-order valence-corrected chi connectivity index (χ2v) is 8.26. The molecular formula is C21H21F3N4O3S. The van der Waals surface area contributed by atoms with Crippen LogP contribution in [0.1, 0.15) is 39.4 Å². The molecule has 0 spiro atoms. The summed E-state index contributed by atoms with van der Waals surface area (Å²) in [6.45, 7) is 0.281. The van der Waals surface area contributed by atoms with Gasteiger partial charge in [0, 0.05) is 17.4 Å². The van der Waals surface area contributed by atoms with Crippen molar-refractivity contribution in [3.8, 4) is 11.5 Å². The summed E-state index contributed by atoms with van der Waals surface area (Å²) < 4.78 is 53.0. The van der Waals surface area contributed by atoms with Crippen LogP contribution in [0.5, 0.6) is 11.5 Å². The van der Waals surface area contributed by atoms with Crippen molar-refractivity contribution < 1.29 is 27.4 Å². The molecule has 170 valence electrons. The van der Waals surface area contributed by atoms with Gasteiger partial charge in [-0.1, -0.05) is 12.1 Å². The molecule has 1 aliphatic rings. The summed E-state index contributed by atoms with van der Waals surface area (Å²) in [5, 5.41) is 11.6. The Morgan fingerprint density at radius 2 is 2.03 bits per heavy atom. The van der Waals surface area contributed by atoms with Gasteiger partial charge in [-0.3, -0.25) is 4.79 Å². The number of anilines is 1. The van der Waals surface area contributed by atoms with Crippen LogP contribution in [0, 0.1) is 0 Å². The number of hydrogen-bond acceptors (Lipinski definition) is 6. The molecule has 0 radical (unpaired) electrons. The van der Waals surface area contributed by atoms with E-state index < -0.39 is 24.2 Å². The van der Waals surface area contributed by atoms with Crippen molar-refractivity contribution in [3.63, 3.8) is 0 Å². The van der Waals surface area contributed by atoms with Gasteiger partial charge < -0.3 is 20.1 Å². The minimum absolute atomic E-state index is 0.0775. The molecule has 0 fully saturated rings. The van der Waals surface area contributed by atoms with E-state index in [4.69, 9.17) is 9.47 Å². The minimum atomic E-state index is -4.54. The number of benzene rings is 1. The van der Waals surface area contributed by atoms with Gasteiger partial charge in [0.25, 0.3) is 5.91 Å². The number of nitrogens with zero attached hydrogens (tertiary/aromatic N) is 2. The maximum Gasteiger partial charge on any atom is 0.410 e. The molecule has 2 N–H and O–H groups in total. The van der Waals surface area contributed by atoms with Gasteiger partial charge in [-0.2, -0.15) is 18.3 Å². The third-order valence-corrected chi connectivity index (χ3v) is 6.11. The number of carbonyl (C=O) groups excluding carboxylic acids is 1. The molecule has 0 aliphatic carbocycles. The van der Waals surface area contributed by atoms with Crippen LogP contribution in [-0.4, -0.2) is 36.1 Å². The van der Waals surface area contributed by atoms with Crippen LogP contribution in [0.2, 0.25) is 0 Å². The van der Waals surface area contributed by atoms with Gasteiger partial charge in [-0.25, -0.2) is 4.68 Å². The zero-order valence-electron chi connectivity index (χ0n) is 17.3. The second-order valence-electron chi connectivity index (χ2n) is 7.23. The van der Waals surface area contributed by atoms with E-state index in [-0.39, 0.29) is 24.5 Å². The smallest absolute Gasteiger partial charge is 0.410 e. The van der Waals surface area contributed by atoms with Crippen LogP contribution in [0.15, 0.2) is 41.8 Å². The molecule has 1 amide bonds. The average molecular weight is 466 g/mol. The highest BCUT2D eigenvalue weighted by molar-refractivity contribution is 7.09. The lowest BCUT2D eigenvalue weighted by molar-refractivity contribution is -0.173. The number of nitrogens with one attached hydrogen (secondary N) is 2. The molecule has 0 unspecified atom stereocenters. The number of methoxy groups -OCH3 is 2. The molecule has 4 rings (SSSR count). The largest absolute Gasteiger partial charge is 0.493 e. The first-order valence-electron chi connectivity index (χ1n) is 9.75. The Kier molecular flexibility index (Phi) is 6.00. The van der Waals surface area contributed by atoms with E-state index in [9.17, 15) is 18.0 Å². The maximum absolute atomic E-state index is 13.9. The van der Waals surface area contributed by atoms with Crippen LogP contribution in [-0.2, 0) is 6.54 Å². The Bertz CT molecular complexity index is 1100. The molecule has 2 atom stereocenters. The maximum atomic E-state index is 13.9. The fourth-order valence-corrected chi connectivity index (χ4v) is 4.29. The van der Waals surface area contributed by atoms with Gasteiger partial charge in [-0.05, 0) is 29.1 Å². The summed E-state index contributed by atoms with van der Waals surface area (Å²) in [5.74, 6) is 0.488. The van der Waals surface area contributed by atoms with E-state index in [0.717, 1.165) is 9.56 Å². The summed E-state index contributed by atoms with van der Waals surface area (Å²) in [7, 11) is 2.95. The Hall–Kier alpha value is -3.21. The molecule has 3 heterocycles. The minimum Gasteiger partial charge on any atom is -0.493 e. The number of fused-ring (bicyclic) bond motifs is 1. The predicted molar refractivity (Wildman–Crippen MR) is 113 cm³/mol. The van der Waals surface area contributed by atoms with Crippen molar-refractivity contribution in [2.75, 3.05) is 19.5 Å². The molecule has 1 aromatic carbocycles. The molecule has 0 saturated heterocycles. The van der Waals surface area contributed by atoms with Crippen molar-refractivity contribution in [2.45, 2.75) is 31.2 Å². The van der Waals surface area contributed by atoms with Crippen LogP contribution in [0.4, 0.5) is 19.0 Å². The Balaban J connectivity index is 1.61. The summed E-state index contributed by atoms with van der Waals surface area (Å²) in [6.07, 6.45) is -4.83. The topological polar surface area (TPSA) is 77.4 Å². The van der Waals surface area contributed by atoms with Crippen molar-refractivity contribution in [1.29, 1.82) is 0 Å². The van der Waals surface area contributed by atoms with Gasteiger partial charge in [0.15, 0.2) is 23.2 Å². The van der Waals surface area contributed by atoms with Gasteiger partial charge in [-0.15, -0.1) is 11.3 Å². The van der Waals surface area contributed by atoms with Crippen LogP contribution >= 0.6 is 11.3 Å². The molecule has 7 nitrogen and oxygen atoms in total. The first kappa shape index (κ1) is 22.0. The molecule has 2 aromatic heterocycles. The Morgan fingerprint density at radius 3 is 2.69 bits per heavy atom.